The van der Waals surface area contributed by atoms with Gasteiger partial charge in [-0.2, -0.15) is 10.4 Å². The number of carbonyl (C=O) groups excluding carboxylic acids is 1. The maximum Gasteiger partial charge on any atom is 0.220 e. The van der Waals surface area contributed by atoms with E-state index >= 15 is 0 Å². The van der Waals surface area contributed by atoms with Gasteiger partial charge in [-0.25, -0.2) is 4.68 Å². The lowest BCUT2D eigenvalue weighted by Gasteiger charge is -2.08. The molecule has 1 saturated carbocycles. The van der Waals surface area contributed by atoms with E-state index in [1.165, 1.54) is 25.7 Å². The SMILES string of the molecule is N#Cc1c(CCCNC(=O)CCC2CCCC2)nn(-c2ccccc2)c1N. The number of para-hydroxylation sites is 1. The molecule has 27 heavy (non-hydrogen) atoms. The zero-order chi connectivity index (χ0) is 19.1. The van der Waals surface area contributed by atoms with Gasteiger partial charge in [-0.1, -0.05) is 43.9 Å². The van der Waals surface area contributed by atoms with Gasteiger partial charge in [0.15, 0.2) is 0 Å². The minimum atomic E-state index is 0.122. The summed E-state index contributed by atoms with van der Waals surface area (Å²) in [6.07, 6.45) is 8.13. The van der Waals surface area contributed by atoms with Crippen LogP contribution in [-0.4, -0.2) is 22.2 Å². The Hall–Kier alpha value is -2.81. The molecule has 3 rings (SSSR count). The number of nitriles is 1. The normalized spacial score (nSPS) is 14.2. The maximum absolute atomic E-state index is 12.0. The van der Waals surface area contributed by atoms with Crippen molar-refractivity contribution in [1.82, 2.24) is 15.1 Å². The predicted molar refractivity (Wildman–Crippen MR) is 105 cm³/mol. The van der Waals surface area contributed by atoms with Gasteiger partial charge in [-0.3, -0.25) is 4.79 Å². The van der Waals surface area contributed by atoms with Crippen molar-refractivity contribution in [3.05, 3.63) is 41.6 Å². The Labute approximate surface area is 160 Å². The van der Waals surface area contributed by atoms with Gasteiger partial charge in [0.1, 0.15) is 17.5 Å². The van der Waals surface area contributed by atoms with Crippen LogP contribution in [0.2, 0.25) is 0 Å². The van der Waals surface area contributed by atoms with E-state index in [1.807, 2.05) is 30.3 Å². The van der Waals surface area contributed by atoms with Crippen molar-refractivity contribution in [2.24, 2.45) is 5.92 Å². The van der Waals surface area contributed by atoms with Crippen molar-refractivity contribution in [2.75, 3.05) is 12.3 Å². The van der Waals surface area contributed by atoms with Crippen molar-refractivity contribution in [3.8, 4) is 11.8 Å². The molecule has 0 atom stereocenters. The second-order valence-electron chi connectivity index (χ2n) is 7.21. The standard InChI is InChI=1S/C21H27N5O/c22-15-18-19(25-26(21(18)23)17-9-2-1-3-10-17)11-6-14-24-20(27)13-12-16-7-4-5-8-16/h1-3,9-10,16H,4-8,11-14,23H2,(H,24,27). The summed E-state index contributed by atoms with van der Waals surface area (Å²) in [6, 6.07) is 11.7. The Morgan fingerprint density at radius 3 is 2.74 bits per heavy atom. The molecule has 0 radical (unpaired) electrons. The smallest absolute Gasteiger partial charge is 0.220 e. The minimum absolute atomic E-state index is 0.122. The number of nitrogens with one attached hydrogen (secondary N) is 1. The average molecular weight is 365 g/mol. The highest BCUT2D eigenvalue weighted by molar-refractivity contribution is 5.75. The molecule has 2 aromatic rings. The van der Waals surface area contributed by atoms with E-state index in [-0.39, 0.29) is 5.91 Å². The Morgan fingerprint density at radius 2 is 2.04 bits per heavy atom. The molecule has 1 aromatic heterocycles. The van der Waals surface area contributed by atoms with E-state index in [9.17, 15) is 10.1 Å². The fraction of sp³-hybridized carbons (Fsp3) is 0.476. The number of hydrogen-bond donors (Lipinski definition) is 2. The number of carbonyl (C=O) groups is 1. The summed E-state index contributed by atoms with van der Waals surface area (Å²) in [6.45, 7) is 0.590. The van der Waals surface area contributed by atoms with Crippen molar-refractivity contribution in [3.63, 3.8) is 0 Å². The van der Waals surface area contributed by atoms with E-state index < -0.39 is 0 Å². The second-order valence-corrected chi connectivity index (χ2v) is 7.21. The molecule has 0 bridgehead atoms. The zero-order valence-corrected chi connectivity index (χ0v) is 15.7. The molecule has 1 aliphatic rings. The highest BCUT2D eigenvalue weighted by atomic mass is 16.1. The van der Waals surface area contributed by atoms with Crippen LogP contribution in [0.25, 0.3) is 5.69 Å². The first kappa shape index (κ1) is 19.0. The van der Waals surface area contributed by atoms with Crippen LogP contribution in [0.5, 0.6) is 0 Å². The van der Waals surface area contributed by atoms with Crippen molar-refractivity contribution in [2.45, 2.75) is 51.4 Å². The third-order valence-corrected chi connectivity index (χ3v) is 5.27. The zero-order valence-electron chi connectivity index (χ0n) is 15.7. The first-order chi connectivity index (χ1) is 13.2. The van der Waals surface area contributed by atoms with Crippen LogP contribution in [0.1, 0.15) is 56.2 Å². The molecular formula is C21H27N5O. The van der Waals surface area contributed by atoms with Crippen LogP contribution in [0.4, 0.5) is 5.82 Å². The third kappa shape index (κ3) is 4.88. The number of rotatable bonds is 8. The topological polar surface area (TPSA) is 96.7 Å². The van der Waals surface area contributed by atoms with Crippen molar-refractivity contribution in [1.29, 1.82) is 5.26 Å². The molecule has 6 heteroatoms. The first-order valence-electron chi connectivity index (χ1n) is 9.78. The molecule has 0 spiro atoms. The molecule has 1 amide bonds. The minimum Gasteiger partial charge on any atom is -0.382 e. The number of anilines is 1. The lowest BCUT2D eigenvalue weighted by Crippen LogP contribution is -2.25. The highest BCUT2D eigenvalue weighted by Gasteiger charge is 2.17. The van der Waals surface area contributed by atoms with Crippen LogP contribution < -0.4 is 11.1 Å². The second kappa shape index (κ2) is 9.22. The Balaban J connectivity index is 1.49. The first-order valence-corrected chi connectivity index (χ1v) is 9.78. The van der Waals surface area contributed by atoms with E-state index in [2.05, 4.69) is 16.5 Å². The Kier molecular flexibility index (Phi) is 6.48. The molecular weight excluding hydrogens is 338 g/mol. The third-order valence-electron chi connectivity index (χ3n) is 5.27. The van der Waals surface area contributed by atoms with E-state index in [4.69, 9.17) is 5.73 Å². The highest BCUT2D eigenvalue weighted by Crippen LogP contribution is 2.28. The number of nitrogens with two attached hydrogens (primary N) is 1. The summed E-state index contributed by atoms with van der Waals surface area (Å²) in [5, 5.41) is 16.9. The largest absolute Gasteiger partial charge is 0.382 e. The van der Waals surface area contributed by atoms with Crippen LogP contribution in [-0.2, 0) is 11.2 Å². The van der Waals surface area contributed by atoms with Crippen LogP contribution in [0.15, 0.2) is 30.3 Å². The summed E-state index contributed by atoms with van der Waals surface area (Å²) < 4.78 is 1.61. The Morgan fingerprint density at radius 1 is 1.30 bits per heavy atom. The van der Waals surface area contributed by atoms with Gasteiger partial charge in [0.25, 0.3) is 0 Å². The molecule has 0 aliphatic heterocycles. The lowest BCUT2D eigenvalue weighted by molar-refractivity contribution is -0.121. The number of aromatic nitrogens is 2. The van der Waals surface area contributed by atoms with Crippen molar-refractivity contribution >= 4 is 11.7 Å². The molecule has 0 saturated heterocycles. The molecule has 3 N–H and O–H groups in total. The molecule has 6 nitrogen and oxygen atoms in total. The fourth-order valence-electron chi connectivity index (χ4n) is 3.75. The van der Waals surface area contributed by atoms with Gasteiger partial charge in [-0.15, -0.1) is 0 Å². The predicted octanol–water partition coefficient (Wildman–Crippen LogP) is 3.35. The molecule has 1 heterocycles. The summed E-state index contributed by atoms with van der Waals surface area (Å²) in [5.41, 5.74) is 8.04. The average Bonchev–Trinajstić information content (AvgIpc) is 3.32. The summed E-state index contributed by atoms with van der Waals surface area (Å²) in [5.74, 6) is 1.22. The lowest BCUT2D eigenvalue weighted by atomic mass is 10.0. The monoisotopic (exact) mass is 365 g/mol. The number of nitrogen functional groups attached to an aromatic ring is 1. The van der Waals surface area contributed by atoms with Crippen LogP contribution >= 0.6 is 0 Å². The van der Waals surface area contributed by atoms with Gasteiger partial charge in [0.05, 0.1) is 11.4 Å². The van der Waals surface area contributed by atoms with Gasteiger partial charge in [0.2, 0.25) is 5.91 Å². The number of aryl methyl sites for hydroxylation is 1. The quantitative estimate of drug-likeness (QED) is 0.701. The molecule has 0 unspecified atom stereocenters. The molecule has 142 valence electrons. The number of nitrogens with zero attached hydrogens (tertiary/aromatic N) is 3. The summed E-state index contributed by atoms with van der Waals surface area (Å²) >= 11 is 0. The molecule has 1 aromatic carbocycles. The van der Waals surface area contributed by atoms with Crippen molar-refractivity contribution < 1.29 is 4.79 Å². The van der Waals surface area contributed by atoms with E-state index in [0.717, 1.165) is 24.4 Å². The maximum atomic E-state index is 12.0. The summed E-state index contributed by atoms with van der Waals surface area (Å²) in [7, 11) is 0. The van der Waals surface area contributed by atoms with E-state index in [1.54, 1.807) is 4.68 Å². The number of amides is 1. The van der Waals surface area contributed by atoms with E-state index in [0.29, 0.717) is 36.5 Å². The Bertz CT molecular complexity index is 800. The molecule has 1 fully saturated rings. The van der Waals surface area contributed by atoms with Crippen LogP contribution in [0.3, 0.4) is 0 Å². The number of hydrogen-bond acceptors (Lipinski definition) is 4. The van der Waals surface area contributed by atoms with Gasteiger partial charge < -0.3 is 11.1 Å². The van der Waals surface area contributed by atoms with Gasteiger partial charge in [0, 0.05) is 13.0 Å². The molecule has 1 aliphatic carbocycles. The fourth-order valence-corrected chi connectivity index (χ4v) is 3.75. The van der Waals surface area contributed by atoms with Gasteiger partial charge in [-0.05, 0) is 37.3 Å². The summed E-state index contributed by atoms with van der Waals surface area (Å²) in [4.78, 5) is 12.0. The van der Waals surface area contributed by atoms with Crippen LogP contribution in [0, 0.1) is 17.2 Å². The number of benzene rings is 1. The van der Waals surface area contributed by atoms with Gasteiger partial charge >= 0.3 is 0 Å².